The molecule has 1 unspecified atom stereocenters. The van der Waals surface area contributed by atoms with Crippen LogP contribution in [-0.2, 0) is 17.6 Å². The van der Waals surface area contributed by atoms with Crippen molar-refractivity contribution in [3.63, 3.8) is 0 Å². The highest BCUT2D eigenvalue weighted by Gasteiger charge is 2.23. The fourth-order valence-electron chi connectivity index (χ4n) is 2.98. The number of hydrogen-bond acceptors (Lipinski definition) is 3. The standard InChI is InChI=1S/C16H21NO2/c1-12-11-17(8-5-15(12)18)7-4-13-2-3-16-14(10-13)6-9-19-16/h2-3,10,12H,4-9,11H2,1H3. The zero-order valence-electron chi connectivity index (χ0n) is 11.5. The molecule has 3 heteroatoms. The van der Waals surface area contributed by atoms with Crippen LogP contribution in [0.5, 0.6) is 5.75 Å². The summed E-state index contributed by atoms with van der Waals surface area (Å²) in [7, 11) is 0. The topological polar surface area (TPSA) is 29.5 Å². The van der Waals surface area contributed by atoms with E-state index >= 15 is 0 Å². The average molecular weight is 259 g/mol. The molecule has 1 saturated heterocycles. The minimum absolute atomic E-state index is 0.210. The Labute approximate surface area is 114 Å². The summed E-state index contributed by atoms with van der Waals surface area (Å²) in [4.78, 5) is 13.9. The van der Waals surface area contributed by atoms with Crippen molar-refractivity contribution < 1.29 is 9.53 Å². The second kappa shape index (κ2) is 5.33. The van der Waals surface area contributed by atoms with Crippen molar-refractivity contribution in [2.75, 3.05) is 26.2 Å². The van der Waals surface area contributed by atoms with Gasteiger partial charge in [0.25, 0.3) is 0 Å². The monoisotopic (exact) mass is 259 g/mol. The number of likely N-dealkylation sites (tertiary alicyclic amines) is 1. The molecule has 1 fully saturated rings. The molecule has 0 amide bonds. The summed E-state index contributed by atoms with van der Waals surface area (Å²) in [5.41, 5.74) is 2.73. The van der Waals surface area contributed by atoms with Gasteiger partial charge in [0.2, 0.25) is 0 Å². The normalized spacial score (nSPS) is 23.2. The molecule has 102 valence electrons. The SMILES string of the molecule is CC1CN(CCc2ccc3c(c2)CCO3)CCC1=O. The zero-order chi connectivity index (χ0) is 13.2. The van der Waals surface area contributed by atoms with Gasteiger partial charge in [-0.1, -0.05) is 19.1 Å². The number of piperidine rings is 1. The van der Waals surface area contributed by atoms with E-state index in [-0.39, 0.29) is 5.92 Å². The van der Waals surface area contributed by atoms with Crippen LogP contribution in [0.4, 0.5) is 0 Å². The number of hydrogen-bond donors (Lipinski definition) is 0. The Bertz CT molecular complexity index is 484. The molecule has 3 nitrogen and oxygen atoms in total. The van der Waals surface area contributed by atoms with Crippen LogP contribution < -0.4 is 4.74 Å². The second-order valence-corrected chi connectivity index (χ2v) is 5.71. The summed E-state index contributed by atoms with van der Waals surface area (Å²) in [5.74, 6) is 1.69. The summed E-state index contributed by atoms with van der Waals surface area (Å²) in [5, 5.41) is 0. The van der Waals surface area contributed by atoms with Gasteiger partial charge >= 0.3 is 0 Å². The molecular formula is C16H21NO2. The molecule has 3 rings (SSSR count). The first-order valence-electron chi connectivity index (χ1n) is 7.22. The molecule has 2 aliphatic rings. The van der Waals surface area contributed by atoms with Crippen LogP contribution in [0.1, 0.15) is 24.5 Å². The van der Waals surface area contributed by atoms with Gasteiger partial charge in [-0.25, -0.2) is 0 Å². The predicted molar refractivity (Wildman–Crippen MR) is 74.6 cm³/mol. The van der Waals surface area contributed by atoms with Crippen LogP contribution in [0, 0.1) is 5.92 Å². The molecular weight excluding hydrogens is 238 g/mol. The highest BCUT2D eigenvalue weighted by Crippen LogP contribution is 2.26. The molecule has 2 aliphatic heterocycles. The van der Waals surface area contributed by atoms with Crippen molar-refractivity contribution in [2.45, 2.75) is 26.2 Å². The molecule has 0 N–H and O–H groups in total. The quantitative estimate of drug-likeness (QED) is 0.832. The van der Waals surface area contributed by atoms with Gasteiger partial charge in [0, 0.05) is 38.4 Å². The molecule has 0 aliphatic carbocycles. The minimum atomic E-state index is 0.210. The van der Waals surface area contributed by atoms with Crippen LogP contribution in [0.3, 0.4) is 0 Å². The fourth-order valence-corrected chi connectivity index (χ4v) is 2.98. The van der Waals surface area contributed by atoms with Crippen LogP contribution in [0.25, 0.3) is 0 Å². The summed E-state index contributed by atoms with van der Waals surface area (Å²) in [6, 6.07) is 6.55. The van der Waals surface area contributed by atoms with Gasteiger partial charge in [-0.2, -0.15) is 0 Å². The zero-order valence-corrected chi connectivity index (χ0v) is 11.5. The molecule has 19 heavy (non-hydrogen) atoms. The van der Waals surface area contributed by atoms with Crippen molar-refractivity contribution in [2.24, 2.45) is 5.92 Å². The number of fused-ring (bicyclic) bond motifs is 1. The van der Waals surface area contributed by atoms with E-state index in [0.717, 1.165) is 51.3 Å². The average Bonchev–Trinajstić information content (AvgIpc) is 2.87. The number of rotatable bonds is 3. The first-order chi connectivity index (χ1) is 9.22. The van der Waals surface area contributed by atoms with E-state index in [1.807, 2.05) is 6.92 Å². The lowest BCUT2D eigenvalue weighted by Gasteiger charge is -2.29. The third kappa shape index (κ3) is 2.81. The number of nitrogens with zero attached hydrogens (tertiary/aromatic N) is 1. The number of ether oxygens (including phenoxy) is 1. The van der Waals surface area contributed by atoms with E-state index < -0.39 is 0 Å². The van der Waals surface area contributed by atoms with Crippen LogP contribution in [0.2, 0.25) is 0 Å². The highest BCUT2D eigenvalue weighted by molar-refractivity contribution is 5.81. The lowest BCUT2D eigenvalue weighted by molar-refractivity contribution is -0.125. The van der Waals surface area contributed by atoms with E-state index in [1.165, 1.54) is 11.1 Å². The smallest absolute Gasteiger partial charge is 0.138 e. The molecule has 2 heterocycles. The Morgan fingerprint density at radius 3 is 3.11 bits per heavy atom. The van der Waals surface area contributed by atoms with Crippen LogP contribution >= 0.6 is 0 Å². The Kier molecular flexibility index (Phi) is 3.56. The van der Waals surface area contributed by atoms with Crippen molar-refractivity contribution in [1.82, 2.24) is 4.90 Å². The highest BCUT2D eigenvalue weighted by atomic mass is 16.5. The lowest BCUT2D eigenvalue weighted by Crippen LogP contribution is -2.40. The van der Waals surface area contributed by atoms with Crippen molar-refractivity contribution in [3.8, 4) is 5.75 Å². The third-order valence-electron chi connectivity index (χ3n) is 4.23. The molecule has 0 radical (unpaired) electrons. The van der Waals surface area contributed by atoms with E-state index in [9.17, 15) is 4.79 Å². The maximum atomic E-state index is 11.5. The Morgan fingerprint density at radius 1 is 1.37 bits per heavy atom. The lowest BCUT2D eigenvalue weighted by atomic mass is 9.98. The van der Waals surface area contributed by atoms with Crippen molar-refractivity contribution >= 4 is 5.78 Å². The molecule has 1 aromatic carbocycles. The van der Waals surface area contributed by atoms with E-state index in [4.69, 9.17) is 4.74 Å². The number of Topliss-reactive ketones (excluding diaryl/α,β-unsaturated/α-hetero) is 1. The molecule has 0 saturated carbocycles. The molecule has 0 aromatic heterocycles. The van der Waals surface area contributed by atoms with Gasteiger partial charge in [-0.05, 0) is 23.6 Å². The summed E-state index contributed by atoms with van der Waals surface area (Å²) < 4.78 is 5.53. The predicted octanol–water partition coefficient (Wildman–Crippen LogP) is 2.07. The Hall–Kier alpha value is -1.35. The van der Waals surface area contributed by atoms with Crippen LogP contribution in [-0.4, -0.2) is 36.9 Å². The van der Waals surface area contributed by atoms with Gasteiger partial charge in [-0.3, -0.25) is 4.79 Å². The fraction of sp³-hybridized carbons (Fsp3) is 0.562. The Balaban J connectivity index is 1.56. The first-order valence-corrected chi connectivity index (χ1v) is 7.22. The maximum Gasteiger partial charge on any atom is 0.138 e. The summed E-state index contributed by atoms with van der Waals surface area (Å²) in [6.45, 7) is 5.77. The van der Waals surface area contributed by atoms with Gasteiger partial charge in [0.15, 0.2) is 0 Å². The summed E-state index contributed by atoms with van der Waals surface area (Å²) >= 11 is 0. The Morgan fingerprint density at radius 2 is 2.26 bits per heavy atom. The first kappa shape index (κ1) is 12.7. The third-order valence-corrected chi connectivity index (χ3v) is 4.23. The number of carbonyl (C=O) groups excluding carboxylic acids is 1. The van der Waals surface area contributed by atoms with Crippen molar-refractivity contribution in [1.29, 1.82) is 0 Å². The molecule has 0 bridgehead atoms. The number of benzene rings is 1. The molecule has 0 spiro atoms. The van der Waals surface area contributed by atoms with Gasteiger partial charge < -0.3 is 9.64 Å². The number of ketones is 1. The molecule has 1 atom stereocenters. The summed E-state index contributed by atoms with van der Waals surface area (Å²) in [6.07, 6.45) is 2.83. The maximum absolute atomic E-state index is 11.5. The number of carbonyl (C=O) groups is 1. The van der Waals surface area contributed by atoms with Crippen LogP contribution in [0.15, 0.2) is 18.2 Å². The second-order valence-electron chi connectivity index (χ2n) is 5.71. The van der Waals surface area contributed by atoms with Gasteiger partial charge in [-0.15, -0.1) is 0 Å². The van der Waals surface area contributed by atoms with E-state index in [1.54, 1.807) is 0 Å². The van der Waals surface area contributed by atoms with Gasteiger partial charge in [0.1, 0.15) is 11.5 Å². The van der Waals surface area contributed by atoms with Crippen molar-refractivity contribution in [3.05, 3.63) is 29.3 Å². The molecule has 1 aromatic rings. The minimum Gasteiger partial charge on any atom is -0.493 e. The van der Waals surface area contributed by atoms with Gasteiger partial charge in [0.05, 0.1) is 6.61 Å². The van der Waals surface area contributed by atoms with E-state index in [0.29, 0.717) is 5.78 Å². The largest absolute Gasteiger partial charge is 0.493 e. The van der Waals surface area contributed by atoms with E-state index in [2.05, 4.69) is 23.1 Å².